The van der Waals surface area contributed by atoms with Crippen molar-refractivity contribution in [3.05, 3.63) is 52.2 Å². The Morgan fingerprint density at radius 3 is 2.69 bits per heavy atom. The standard InChI is InChI=1S/C20H20N4O3S2/c1-3-18(26)22-14-6-4-5-13(9-14)19(27)24-20-23-16(11-28-20)17-8-7-15(29-17)10-21-12(2)25/h4-9,11H,3,10H2,1-2H3,(H,21,25)(H,22,26)(H,23,24,27). The van der Waals surface area contributed by atoms with Crippen molar-refractivity contribution in [3.8, 4) is 10.6 Å². The van der Waals surface area contributed by atoms with E-state index in [0.717, 1.165) is 15.4 Å². The van der Waals surface area contributed by atoms with E-state index in [2.05, 4.69) is 20.9 Å². The summed E-state index contributed by atoms with van der Waals surface area (Å²) in [5.74, 6) is -0.478. The molecule has 0 radical (unpaired) electrons. The first-order valence-corrected chi connectivity index (χ1v) is 10.6. The number of hydrogen-bond donors (Lipinski definition) is 3. The van der Waals surface area contributed by atoms with Gasteiger partial charge in [0.2, 0.25) is 11.8 Å². The summed E-state index contributed by atoms with van der Waals surface area (Å²) in [6.45, 7) is 3.73. The molecule has 9 heteroatoms. The van der Waals surface area contributed by atoms with Crippen LogP contribution in [0.2, 0.25) is 0 Å². The van der Waals surface area contributed by atoms with Crippen LogP contribution in [0, 0.1) is 0 Å². The van der Waals surface area contributed by atoms with Gasteiger partial charge < -0.3 is 10.6 Å². The average Bonchev–Trinajstić information content (AvgIpc) is 3.35. The summed E-state index contributed by atoms with van der Waals surface area (Å²) in [5, 5.41) is 10.7. The first-order valence-electron chi connectivity index (χ1n) is 8.95. The molecule has 0 saturated heterocycles. The monoisotopic (exact) mass is 428 g/mol. The molecule has 0 aliphatic carbocycles. The van der Waals surface area contributed by atoms with Crippen LogP contribution in [-0.2, 0) is 16.1 Å². The van der Waals surface area contributed by atoms with Crippen LogP contribution < -0.4 is 16.0 Å². The van der Waals surface area contributed by atoms with Crippen molar-refractivity contribution < 1.29 is 14.4 Å². The number of carbonyl (C=O) groups is 3. The lowest BCUT2D eigenvalue weighted by atomic mass is 10.2. The van der Waals surface area contributed by atoms with Gasteiger partial charge in [0.25, 0.3) is 5.91 Å². The lowest BCUT2D eigenvalue weighted by molar-refractivity contribution is -0.119. The summed E-state index contributed by atoms with van der Waals surface area (Å²) < 4.78 is 0. The van der Waals surface area contributed by atoms with E-state index in [1.165, 1.54) is 18.3 Å². The zero-order valence-electron chi connectivity index (χ0n) is 15.9. The molecule has 0 aliphatic rings. The zero-order chi connectivity index (χ0) is 20.8. The van der Waals surface area contributed by atoms with Gasteiger partial charge in [0, 0.05) is 34.9 Å². The lowest BCUT2D eigenvalue weighted by Crippen LogP contribution is -2.17. The number of rotatable bonds is 7. The fourth-order valence-corrected chi connectivity index (χ4v) is 4.11. The summed E-state index contributed by atoms with van der Waals surface area (Å²) in [6.07, 6.45) is 0.369. The fourth-order valence-electron chi connectivity index (χ4n) is 2.42. The number of hydrogen-bond acceptors (Lipinski definition) is 6. The molecule has 1 aromatic carbocycles. The predicted octanol–water partition coefficient (Wildman–Crippen LogP) is 4.11. The van der Waals surface area contributed by atoms with Crippen LogP contribution in [0.1, 0.15) is 35.5 Å². The molecule has 2 aromatic heterocycles. The molecule has 3 rings (SSSR count). The Kier molecular flexibility index (Phi) is 6.73. The minimum atomic E-state index is -0.295. The van der Waals surface area contributed by atoms with Gasteiger partial charge in [0.15, 0.2) is 5.13 Å². The number of thiazole rings is 1. The van der Waals surface area contributed by atoms with Gasteiger partial charge in [-0.1, -0.05) is 13.0 Å². The van der Waals surface area contributed by atoms with Gasteiger partial charge in [0.05, 0.1) is 17.1 Å². The van der Waals surface area contributed by atoms with E-state index in [1.807, 2.05) is 17.5 Å². The predicted molar refractivity (Wildman–Crippen MR) is 116 cm³/mol. The molecule has 29 heavy (non-hydrogen) atoms. The van der Waals surface area contributed by atoms with Crippen LogP contribution >= 0.6 is 22.7 Å². The van der Waals surface area contributed by atoms with Gasteiger partial charge in [-0.25, -0.2) is 4.98 Å². The van der Waals surface area contributed by atoms with Gasteiger partial charge in [0.1, 0.15) is 0 Å². The van der Waals surface area contributed by atoms with Crippen molar-refractivity contribution in [3.63, 3.8) is 0 Å². The van der Waals surface area contributed by atoms with Crippen molar-refractivity contribution >= 4 is 51.2 Å². The highest BCUT2D eigenvalue weighted by molar-refractivity contribution is 7.17. The highest BCUT2D eigenvalue weighted by Gasteiger charge is 2.12. The first-order chi connectivity index (χ1) is 13.9. The maximum absolute atomic E-state index is 12.5. The van der Waals surface area contributed by atoms with Gasteiger partial charge in [-0.05, 0) is 30.3 Å². The summed E-state index contributed by atoms with van der Waals surface area (Å²) in [4.78, 5) is 41.6. The maximum atomic E-state index is 12.5. The molecule has 7 nitrogen and oxygen atoms in total. The van der Waals surface area contributed by atoms with Gasteiger partial charge in [-0.15, -0.1) is 22.7 Å². The average molecular weight is 429 g/mol. The number of benzene rings is 1. The van der Waals surface area contributed by atoms with Crippen LogP contribution in [0.3, 0.4) is 0 Å². The second-order valence-corrected chi connectivity index (χ2v) is 8.18. The van der Waals surface area contributed by atoms with E-state index >= 15 is 0 Å². The summed E-state index contributed by atoms with van der Waals surface area (Å²) in [5.41, 5.74) is 1.78. The number of nitrogens with one attached hydrogen (secondary N) is 3. The van der Waals surface area contributed by atoms with E-state index in [9.17, 15) is 14.4 Å². The smallest absolute Gasteiger partial charge is 0.257 e. The molecule has 0 saturated carbocycles. The third-order valence-electron chi connectivity index (χ3n) is 3.88. The van der Waals surface area contributed by atoms with Crippen LogP contribution in [-0.4, -0.2) is 22.7 Å². The largest absolute Gasteiger partial charge is 0.351 e. The zero-order valence-corrected chi connectivity index (χ0v) is 17.6. The first kappa shape index (κ1) is 20.7. The fraction of sp³-hybridized carbons (Fsp3) is 0.200. The Morgan fingerprint density at radius 2 is 1.93 bits per heavy atom. The molecule has 0 bridgehead atoms. The molecule has 2 heterocycles. The molecule has 3 N–H and O–H groups in total. The van der Waals surface area contributed by atoms with Crippen molar-refractivity contribution in [2.75, 3.05) is 10.6 Å². The Bertz CT molecular complexity index is 1040. The van der Waals surface area contributed by atoms with E-state index in [1.54, 1.807) is 42.5 Å². The van der Waals surface area contributed by atoms with Gasteiger partial charge in [-0.3, -0.25) is 19.7 Å². The van der Waals surface area contributed by atoms with E-state index < -0.39 is 0 Å². The van der Waals surface area contributed by atoms with E-state index in [0.29, 0.717) is 29.3 Å². The quantitative estimate of drug-likeness (QED) is 0.527. The highest BCUT2D eigenvalue weighted by atomic mass is 32.1. The number of aromatic nitrogens is 1. The third-order valence-corrected chi connectivity index (χ3v) is 5.75. The number of carbonyl (C=O) groups excluding carboxylic acids is 3. The minimum absolute atomic E-state index is 0.0723. The van der Waals surface area contributed by atoms with Crippen LogP contribution in [0.25, 0.3) is 10.6 Å². The van der Waals surface area contributed by atoms with Gasteiger partial charge in [-0.2, -0.15) is 0 Å². The van der Waals surface area contributed by atoms with Crippen molar-refractivity contribution in [2.45, 2.75) is 26.8 Å². The second kappa shape index (κ2) is 9.44. The summed E-state index contributed by atoms with van der Waals surface area (Å²) in [7, 11) is 0. The molecule has 0 fully saturated rings. The second-order valence-electron chi connectivity index (χ2n) is 6.15. The molecular weight excluding hydrogens is 408 g/mol. The van der Waals surface area contributed by atoms with Gasteiger partial charge >= 0.3 is 0 Å². The molecule has 0 atom stereocenters. The normalized spacial score (nSPS) is 10.4. The Labute approximate surface area is 176 Å². The van der Waals surface area contributed by atoms with Crippen molar-refractivity contribution in [1.82, 2.24) is 10.3 Å². The molecule has 3 aromatic rings. The summed E-state index contributed by atoms with van der Waals surface area (Å²) in [6, 6.07) is 10.7. The van der Waals surface area contributed by atoms with Crippen molar-refractivity contribution in [2.24, 2.45) is 0 Å². The number of nitrogens with zero attached hydrogens (tertiary/aromatic N) is 1. The third kappa shape index (κ3) is 5.72. The molecule has 0 unspecified atom stereocenters. The highest BCUT2D eigenvalue weighted by Crippen LogP contribution is 2.31. The topological polar surface area (TPSA) is 100 Å². The lowest BCUT2D eigenvalue weighted by Gasteiger charge is -2.06. The molecule has 0 spiro atoms. The number of anilines is 2. The molecule has 3 amide bonds. The molecular formula is C20H20N4O3S2. The van der Waals surface area contributed by atoms with Crippen LogP contribution in [0.4, 0.5) is 10.8 Å². The van der Waals surface area contributed by atoms with E-state index in [-0.39, 0.29) is 17.7 Å². The number of thiophene rings is 1. The Balaban J connectivity index is 1.65. The van der Waals surface area contributed by atoms with Crippen molar-refractivity contribution in [1.29, 1.82) is 0 Å². The Hall–Kier alpha value is -3.04. The molecule has 0 aliphatic heterocycles. The van der Waals surface area contributed by atoms with E-state index in [4.69, 9.17) is 0 Å². The number of amides is 3. The Morgan fingerprint density at radius 1 is 1.10 bits per heavy atom. The van der Waals surface area contributed by atoms with Crippen LogP contribution in [0.5, 0.6) is 0 Å². The summed E-state index contributed by atoms with van der Waals surface area (Å²) >= 11 is 2.88. The molecule has 150 valence electrons. The minimum Gasteiger partial charge on any atom is -0.351 e. The van der Waals surface area contributed by atoms with Crippen LogP contribution in [0.15, 0.2) is 41.8 Å². The SMILES string of the molecule is CCC(=O)Nc1cccc(C(=O)Nc2nc(-c3ccc(CNC(C)=O)s3)cs2)c1. The maximum Gasteiger partial charge on any atom is 0.257 e.